The van der Waals surface area contributed by atoms with E-state index < -0.39 is 0 Å². The van der Waals surface area contributed by atoms with Gasteiger partial charge in [-0.1, -0.05) is 47.7 Å². The molecule has 6 heteroatoms. The van der Waals surface area contributed by atoms with E-state index >= 15 is 0 Å². The number of para-hydroxylation sites is 1. The van der Waals surface area contributed by atoms with E-state index in [1.807, 2.05) is 68.4 Å². The van der Waals surface area contributed by atoms with Gasteiger partial charge >= 0.3 is 0 Å². The van der Waals surface area contributed by atoms with Gasteiger partial charge in [0.05, 0.1) is 5.25 Å². The number of thioether (sulfide) groups is 1. The van der Waals surface area contributed by atoms with Gasteiger partial charge < -0.3 is 9.32 Å². The van der Waals surface area contributed by atoms with Crippen molar-refractivity contribution in [3.63, 3.8) is 0 Å². The first kappa shape index (κ1) is 17.2. The quantitative estimate of drug-likeness (QED) is 0.644. The van der Waals surface area contributed by atoms with Crippen molar-refractivity contribution < 1.29 is 9.21 Å². The minimum Gasteiger partial charge on any atom is -0.411 e. The Labute approximate surface area is 151 Å². The number of hydrogen-bond donors (Lipinski definition) is 0. The van der Waals surface area contributed by atoms with Crippen LogP contribution >= 0.6 is 11.8 Å². The molecule has 1 aromatic heterocycles. The fraction of sp³-hybridized carbons (Fsp3) is 0.211. The van der Waals surface area contributed by atoms with Crippen molar-refractivity contribution in [1.29, 1.82) is 0 Å². The number of benzene rings is 2. The van der Waals surface area contributed by atoms with Crippen LogP contribution < -0.4 is 4.90 Å². The summed E-state index contributed by atoms with van der Waals surface area (Å²) in [4.78, 5) is 14.2. The number of anilines is 1. The maximum absolute atomic E-state index is 12.6. The highest BCUT2D eigenvalue weighted by atomic mass is 32.2. The SMILES string of the molecule is Cc1ccc(-c2nnc(SC(C)C(=O)N(C)c3ccccc3)o2)cc1. The molecule has 0 saturated heterocycles. The first-order valence-electron chi connectivity index (χ1n) is 7.94. The van der Waals surface area contributed by atoms with Gasteiger partial charge in [-0.25, -0.2) is 0 Å². The normalized spacial score (nSPS) is 12.0. The van der Waals surface area contributed by atoms with Gasteiger partial charge in [-0.15, -0.1) is 10.2 Å². The molecule has 0 spiro atoms. The molecule has 1 atom stereocenters. The summed E-state index contributed by atoms with van der Waals surface area (Å²) in [5.74, 6) is 0.435. The predicted molar refractivity (Wildman–Crippen MR) is 99.6 cm³/mol. The van der Waals surface area contributed by atoms with E-state index in [-0.39, 0.29) is 11.2 Å². The molecule has 1 amide bonds. The van der Waals surface area contributed by atoms with Crippen LogP contribution in [0.2, 0.25) is 0 Å². The number of hydrogen-bond acceptors (Lipinski definition) is 5. The monoisotopic (exact) mass is 353 g/mol. The Morgan fingerprint density at radius 3 is 2.44 bits per heavy atom. The highest BCUT2D eigenvalue weighted by molar-refractivity contribution is 8.00. The molecule has 1 heterocycles. The van der Waals surface area contributed by atoms with Crippen LogP contribution in [0.25, 0.3) is 11.5 Å². The largest absolute Gasteiger partial charge is 0.411 e. The molecule has 3 aromatic rings. The molecule has 0 N–H and O–H groups in total. The Morgan fingerprint density at radius 1 is 1.08 bits per heavy atom. The van der Waals surface area contributed by atoms with E-state index in [1.165, 1.54) is 17.3 Å². The van der Waals surface area contributed by atoms with Crippen molar-refractivity contribution in [2.24, 2.45) is 0 Å². The minimum absolute atomic E-state index is 0.0220. The Morgan fingerprint density at radius 2 is 1.76 bits per heavy atom. The van der Waals surface area contributed by atoms with Crippen LogP contribution in [0.15, 0.2) is 64.2 Å². The zero-order valence-electron chi connectivity index (χ0n) is 14.3. The van der Waals surface area contributed by atoms with E-state index in [2.05, 4.69) is 10.2 Å². The molecule has 3 rings (SSSR count). The number of aryl methyl sites for hydroxylation is 1. The Hall–Kier alpha value is -2.60. The van der Waals surface area contributed by atoms with Crippen molar-refractivity contribution in [1.82, 2.24) is 10.2 Å². The summed E-state index contributed by atoms with van der Waals surface area (Å²) in [7, 11) is 1.76. The van der Waals surface area contributed by atoms with E-state index in [0.717, 1.165) is 11.3 Å². The fourth-order valence-corrected chi connectivity index (χ4v) is 3.10. The van der Waals surface area contributed by atoms with E-state index in [1.54, 1.807) is 11.9 Å². The number of amides is 1. The van der Waals surface area contributed by atoms with E-state index in [4.69, 9.17) is 4.42 Å². The van der Waals surface area contributed by atoms with Gasteiger partial charge in [-0.3, -0.25) is 4.79 Å². The van der Waals surface area contributed by atoms with Crippen LogP contribution in [-0.4, -0.2) is 28.4 Å². The summed E-state index contributed by atoms with van der Waals surface area (Å²) in [6, 6.07) is 17.4. The van der Waals surface area contributed by atoms with Crippen molar-refractivity contribution in [2.75, 3.05) is 11.9 Å². The molecule has 0 aliphatic rings. The molecule has 0 aliphatic heterocycles. The molecule has 0 bridgehead atoms. The zero-order valence-corrected chi connectivity index (χ0v) is 15.2. The molecular weight excluding hydrogens is 334 g/mol. The summed E-state index contributed by atoms with van der Waals surface area (Å²) in [6.07, 6.45) is 0. The van der Waals surface area contributed by atoms with Crippen molar-refractivity contribution >= 4 is 23.4 Å². The molecule has 25 heavy (non-hydrogen) atoms. The Balaban J connectivity index is 1.68. The number of aromatic nitrogens is 2. The Bertz CT molecular complexity index is 847. The Kier molecular flexibility index (Phi) is 5.19. The van der Waals surface area contributed by atoms with Gasteiger partial charge in [0.2, 0.25) is 11.8 Å². The first-order valence-corrected chi connectivity index (χ1v) is 8.82. The van der Waals surface area contributed by atoms with Crippen LogP contribution in [0.3, 0.4) is 0 Å². The minimum atomic E-state index is -0.337. The number of carbonyl (C=O) groups excluding carboxylic acids is 1. The first-order chi connectivity index (χ1) is 12.0. The van der Waals surface area contributed by atoms with Gasteiger partial charge in [0, 0.05) is 18.3 Å². The van der Waals surface area contributed by atoms with Crippen molar-refractivity contribution in [2.45, 2.75) is 24.3 Å². The number of nitrogens with zero attached hydrogens (tertiary/aromatic N) is 3. The molecule has 128 valence electrons. The summed E-state index contributed by atoms with van der Waals surface area (Å²) in [5, 5.41) is 8.16. The van der Waals surface area contributed by atoms with Gasteiger partial charge in [-0.2, -0.15) is 0 Å². The molecule has 1 unspecified atom stereocenters. The molecule has 0 saturated carbocycles. The molecule has 5 nitrogen and oxygen atoms in total. The highest BCUT2D eigenvalue weighted by Gasteiger charge is 2.22. The van der Waals surface area contributed by atoms with Crippen molar-refractivity contribution in [3.05, 3.63) is 60.2 Å². The highest BCUT2D eigenvalue weighted by Crippen LogP contribution is 2.27. The smallest absolute Gasteiger partial charge is 0.277 e. The second-order valence-corrected chi connectivity index (χ2v) is 7.02. The third-order valence-corrected chi connectivity index (χ3v) is 4.73. The van der Waals surface area contributed by atoms with Crippen LogP contribution in [0, 0.1) is 6.92 Å². The average molecular weight is 353 g/mol. The fourth-order valence-electron chi connectivity index (χ4n) is 2.32. The molecular formula is C19H19N3O2S. The van der Waals surface area contributed by atoms with E-state index in [9.17, 15) is 4.79 Å². The van der Waals surface area contributed by atoms with Gasteiger partial charge in [0.25, 0.3) is 5.22 Å². The van der Waals surface area contributed by atoms with Gasteiger partial charge in [-0.05, 0) is 38.1 Å². The van der Waals surface area contributed by atoms with Crippen LogP contribution in [0.1, 0.15) is 12.5 Å². The summed E-state index contributed by atoms with van der Waals surface area (Å²) in [6.45, 7) is 3.86. The second-order valence-electron chi connectivity index (χ2n) is 5.73. The van der Waals surface area contributed by atoms with E-state index in [0.29, 0.717) is 11.1 Å². The third kappa shape index (κ3) is 4.09. The summed E-state index contributed by atoms with van der Waals surface area (Å²) in [5.41, 5.74) is 2.89. The van der Waals surface area contributed by atoms with Crippen LogP contribution in [0.4, 0.5) is 5.69 Å². The maximum Gasteiger partial charge on any atom is 0.277 e. The standard InChI is InChI=1S/C19H19N3O2S/c1-13-9-11-15(12-10-13)17-20-21-19(24-17)25-14(2)18(23)22(3)16-7-5-4-6-8-16/h4-12,14H,1-3H3. The topological polar surface area (TPSA) is 59.2 Å². The predicted octanol–water partition coefficient (Wildman–Crippen LogP) is 4.19. The average Bonchev–Trinajstić information content (AvgIpc) is 3.10. The summed E-state index contributed by atoms with van der Waals surface area (Å²) < 4.78 is 5.69. The van der Waals surface area contributed by atoms with Crippen LogP contribution in [0.5, 0.6) is 0 Å². The lowest BCUT2D eigenvalue weighted by Crippen LogP contribution is -2.33. The van der Waals surface area contributed by atoms with Gasteiger partial charge in [0.1, 0.15) is 0 Å². The molecule has 0 aliphatic carbocycles. The zero-order chi connectivity index (χ0) is 17.8. The molecule has 0 radical (unpaired) electrons. The maximum atomic E-state index is 12.6. The van der Waals surface area contributed by atoms with Crippen molar-refractivity contribution in [3.8, 4) is 11.5 Å². The summed E-state index contributed by atoms with van der Waals surface area (Å²) >= 11 is 1.26. The third-order valence-electron chi connectivity index (χ3n) is 3.80. The lowest BCUT2D eigenvalue weighted by Gasteiger charge is -2.20. The molecule has 0 fully saturated rings. The van der Waals surface area contributed by atoms with Gasteiger partial charge in [0.15, 0.2) is 0 Å². The van der Waals surface area contributed by atoms with Crippen LogP contribution in [-0.2, 0) is 4.79 Å². The molecule has 2 aromatic carbocycles. The number of rotatable bonds is 5. The number of carbonyl (C=O) groups is 1. The lowest BCUT2D eigenvalue weighted by atomic mass is 10.1. The lowest BCUT2D eigenvalue weighted by molar-refractivity contribution is -0.117. The second kappa shape index (κ2) is 7.53.